The number of anilines is 1. The molecule has 0 spiro atoms. The van der Waals surface area contributed by atoms with Gasteiger partial charge in [0.15, 0.2) is 5.16 Å². The lowest BCUT2D eigenvalue weighted by atomic mass is 10.2. The summed E-state index contributed by atoms with van der Waals surface area (Å²) in [7, 11) is 1.85. The fourth-order valence-electron chi connectivity index (χ4n) is 2.71. The summed E-state index contributed by atoms with van der Waals surface area (Å²) < 4.78 is 1.85. The Morgan fingerprint density at radius 2 is 1.97 bits per heavy atom. The maximum atomic E-state index is 12.3. The molecule has 0 saturated heterocycles. The predicted molar refractivity (Wildman–Crippen MR) is 130 cm³/mol. The van der Waals surface area contributed by atoms with Gasteiger partial charge < -0.3 is 9.88 Å². The van der Waals surface area contributed by atoms with Gasteiger partial charge in [-0.05, 0) is 36.2 Å². The Bertz CT molecular complexity index is 1160. The molecule has 0 aliphatic rings. The van der Waals surface area contributed by atoms with Gasteiger partial charge in [-0.1, -0.05) is 41.0 Å². The van der Waals surface area contributed by atoms with Gasteiger partial charge in [-0.25, -0.2) is 0 Å². The lowest BCUT2D eigenvalue weighted by molar-refractivity contribution is -0.384. The van der Waals surface area contributed by atoms with E-state index in [1.54, 1.807) is 24.8 Å². The quantitative estimate of drug-likeness (QED) is 0.229. The van der Waals surface area contributed by atoms with Crippen molar-refractivity contribution in [2.24, 2.45) is 7.05 Å². The van der Waals surface area contributed by atoms with Crippen molar-refractivity contribution in [3.63, 3.8) is 0 Å². The number of nitrogens with one attached hydrogen (secondary N) is 1. The predicted octanol–water partition coefficient (Wildman–Crippen LogP) is 5.50. The van der Waals surface area contributed by atoms with Crippen LogP contribution in [-0.2, 0) is 23.3 Å². The summed E-state index contributed by atoms with van der Waals surface area (Å²) in [4.78, 5) is 22.7. The monoisotopic (exact) mass is 511 g/mol. The minimum Gasteiger partial charge on any atom is -0.325 e. The lowest BCUT2D eigenvalue weighted by Crippen LogP contribution is -2.15. The molecule has 3 rings (SSSR count). The van der Waals surface area contributed by atoms with Crippen LogP contribution in [0.1, 0.15) is 17.0 Å². The minimum absolute atomic E-state index is 0.0160. The third kappa shape index (κ3) is 6.38. The molecule has 0 aliphatic carbocycles. The highest BCUT2D eigenvalue weighted by molar-refractivity contribution is 7.99. The summed E-state index contributed by atoms with van der Waals surface area (Å²) in [5.41, 5.74) is 2.14. The fraction of sp³-hybridized carbons (Fsp3) is 0.250. The molecule has 0 bridgehead atoms. The summed E-state index contributed by atoms with van der Waals surface area (Å²) in [5, 5.41) is 23.8. The number of nitro groups is 1. The number of carbonyl (C=O) groups is 1. The molecule has 0 unspecified atom stereocenters. The zero-order valence-electron chi connectivity index (χ0n) is 17.2. The van der Waals surface area contributed by atoms with E-state index in [1.165, 1.54) is 30.0 Å². The topological polar surface area (TPSA) is 103 Å². The second-order valence-electron chi connectivity index (χ2n) is 6.78. The Morgan fingerprint density at radius 3 is 2.66 bits per heavy atom. The first kappa shape index (κ1) is 24.4. The standard InChI is InChI=1S/C20H19Cl2N5O3S2/c1-12-7-15(27(29)30)5-6-17(12)23-19(28)11-32-20-25-24-18(26(20)2)10-31-9-13-3-4-14(21)8-16(13)22/h3-8H,9-11H2,1-2H3,(H,23,28). The number of aryl methyl sites for hydroxylation is 1. The van der Waals surface area contributed by atoms with Crippen molar-refractivity contribution in [1.29, 1.82) is 0 Å². The van der Waals surface area contributed by atoms with Crippen molar-refractivity contribution in [3.05, 3.63) is 73.5 Å². The van der Waals surface area contributed by atoms with Gasteiger partial charge in [0.25, 0.3) is 5.69 Å². The van der Waals surface area contributed by atoms with Crippen molar-refractivity contribution in [2.45, 2.75) is 23.6 Å². The van der Waals surface area contributed by atoms with E-state index in [1.807, 2.05) is 23.7 Å². The number of aromatic nitrogens is 3. The van der Waals surface area contributed by atoms with E-state index in [-0.39, 0.29) is 17.3 Å². The van der Waals surface area contributed by atoms with E-state index in [2.05, 4.69) is 15.5 Å². The molecule has 1 amide bonds. The molecule has 3 aromatic rings. The first-order chi connectivity index (χ1) is 15.2. The van der Waals surface area contributed by atoms with Crippen molar-refractivity contribution >= 4 is 64.0 Å². The van der Waals surface area contributed by atoms with Gasteiger partial charge >= 0.3 is 0 Å². The lowest BCUT2D eigenvalue weighted by Gasteiger charge is -2.08. The molecule has 12 heteroatoms. The van der Waals surface area contributed by atoms with Crippen LogP contribution in [0.3, 0.4) is 0 Å². The highest BCUT2D eigenvalue weighted by atomic mass is 35.5. The molecule has 0 aliphatic heterocycles. The van der Waals surface area contributed by atoms with Gasteiger partial charge in [0.1, 0.15) is 5.82 Å². The highest BCUT2D eigenvalue weighted by Gasteiger charge is 2.14. The molecular weight excluding hydrogens is 493 g/mol. The van der Waals surface area contributed by atoms with E-state index in [9.17, 15) is 14.9 Å². The molecular formula is C20H19Cl2N5O3S2. The SMILES string of the molecule is Cc1cc([N+](=O)[O-])ccc1NC(=O)CSc1nnc(CSCc2ccc(Cl)cc2Cl)n1C. The molecule has 0 atom stereocenters. The van der Waals surface area contributed by atoms with Crippen LogP contribution < -0.4 is 5.32 Å². The maximum Gasteiger partial charge on any atom is 0.269 e. The molecule has 168 valence electrons. The number of nitro benzene ring substituents is 1. The van der Waals surface area contributed by atoms with Crippen molar-refractivity contribution in [3.8, 4) is 0 Å². The van der Waals surface area contributed by atoms with E-state index >= 15 is 0 Å². The average Bonchev–Trinajstić information content (AvgIpc) is 3.09. The zero-order valence-corrected chi connectivity index (χ0v) is 20.3. The number of non-ortho nitro benzene ring substituents is 1. The van der Waals surface area contributed by atoms with Crippen molar-refractivity contribution in [2.75, 3.05) is 11.1 Å². The molecule has 1 N–H and O–H groups in total. The van der Waals surface area contributed by atoms with Crippen LogP contribution in [0.4, 0.5) is 11.4 Å². The highest BCUT2D eigenvalue weighted by Crippen LogP contribution is 2.27. The minimum atomic E-state index is -0.470. The van der Waals surface area contributed by atoms with Crippen LogP contribution in [0.2, 0.25) is 10.0 Å². The van der Waals surface area contributed by atoms with Crippen LogP contribution in [0.5, 0.6) is 0 Å². The Balaban J connectivity index is 1.51. The summed E-state index contributed by atoms with van der Waals surface area (Å²) in [6.45, 7) is 1.71. The number of amides is 1. The molecule has 0 saturated carbocycles. The van der Waals surface area contributed by atoms with Gasteiger partial charge in [-0.15, -0.1) is 22.0 Å². The van der Waals surface area contributed by atoms with Crippen molar-refractivity contribution in [1.82, 2.24) is 14.8 Å². The molecule has 1 aromatic heterocycles. The molecule has 2 aromatic carbocycles. The van der Waals surface area contributed by atoms with Gasteiger partial charge in [-0.3, -0.25) is 14.9 Å². The number of carbonyl (C=O) groups excluding carboxylic acids is 1. The van der Waals surface area contributed by atoms with Crippen molar-refractivity contribution < 1.29 is 9.72 Å². The average molecular weight is 512 g/mol. The number of halogens is 2. The zero-order chi connectivity index (χ0) is 23.3. The summed E-state index contributed by atoms with van der Waals surface area (Å²) in [6.07, 6.45) is 0. The third-order valence-corrected chi connectivity index (χ3v) is 7.04. The number of benzene rings is 2. The van der Waals surface area contributed by atoms with E-state index < -0.39 is 4.92 Å². The molecule has 8 nitrogen and oxygen atoms in total. The van der Waals surface area contributed by atoms with Crippen LogP contribution in [0, 0.1) is 17.0 Å². The summed E-state index contributed by atoms with van der Waals surface area (Å²) >= 11 is 15.0. The number of thioether (sulfide) groups is 2. The smallest absolute Gasteiger partial charge is 0.269 e. The molecule has 0 radical (unpaired) electrons. The largest absolute Gasteiger partial charge is 0.325 e. The second-order valence-corrected chi connectivity index (χ2v) is 9.55. The Morgan fingerprint density at radius 1 is 1.19 bits per heavy atom. The third-order valence-electron chi connectivity index (χ3n) is 4.46. The molecule has 32 heavy (non-hydrogen) atoms. The van der Waals surface area contributed by atoms with Gasteiger partial charge in [0, 0.05) is 40.7 Å². The van der Waals surface area contributed by atoms with Crippen LogP contribution in [0.15, 0.2) is 41.6 Å². The van der Waals surface area contributed by atoms with Crippen LogP contribution in [-0.4, -0.2) is 31.3 Å². The number of hydrogen-bond acceptors (Lipinski definition) is 7. The number of rotatable bonds is 9. The second kappa shape index (κ2) is 11.0. The maximum absolute atomic E-state index is 12.3. The first-order valence-electron chi connectivity index (χ1n) is 9.32. The number of hydrogen-bond donors (Lipinski definition) is 1. The van der Waals surface area contributed by atoms with Gasteiger partial charge in [0.2, 0.25) is 5.91 Å². The van der Waals surface area contributed by atoms with E-state index in [4.69, 9.17) is 23.2 Å². The summed E-state index contributed by atoms with van der Waals surface area (Å²) in [5.74, 6) is 2.03. The normalized spacial score (nSPS) is 10.9. The van der Waals surface area contributed by atoms with Gasteiger partial charge in [-0.2, -0.15) is 0 Å². The van der Waals surface area contributed by atoms with Gasteiger partial charge in [0.05, 0.1) is 16.4 Å². The molecule has 1 heterocycles. The number of nitrogens with zero attached hydrogens (tertiary/aromatic N) is 4. The molecule has 0 fully saturated rings. The Kier molecular flexibility index (Phi) is 8.41. The summed E-state index contributed by atoms with van der Waals surface area (Å²) in [6, 6.07) is 9.75. The Hall–Kier alpha value is -2.27. The van der Waals surface area contributed by atoms with Crippen LogP contribution in [0.25, 0.3) is 0 Å². The first-order valence-corrected chi connectivity index (χ1v) is 12.2. The van der Waals surface area contributed by atoms with E-state index in [0.717, 1.165) is 11.4 Å². The van der Waals surface area contributed by atoms with E-state index in [0.29, 0.717) is 38.0 Å². The van der Waals surface area contributed by atoms with Crippen LogP contribution >= 0.6 is 46.7 Å². The fourth-order valence-corrected chi connectivity index (χ4v) is 5.00. The Labute approximate surface area is 203 Å².